The number of sulfonamides is 1. The number of aromatic nitrogens is 1. The average Bonchev–Trinajstić information content (AvgIpc) is 2.66. The Balaban J connectivity index is 1.60. The van der Waals surface area contributed by atoms with Gasteiger partial charge in [-0.25, -0.2) is 17.8 Å². The minimum absolute atomic E-state index is 0.253. The molecule has 1 aromatic heterocycles. The lowest BCUT2D eigenvalue weighted by Crippen LogP contribution is -2.15. The van der Waals surface area contributed by atoms with Crippen LogP contribution < -0.4 is 10.0 Å². The maximum Gasteiger partial charge on any atom is 0.262 e. The van der Waals surface area contributed by atoms with Crippen LogP contribution in [0.1, 0.15) is 16.7 Å². The van der Waals surface area contributed by atoms with Crippen molar-refractivity contribution in [3.05, 3.63) is 83.3 Å². The van der Waals surface area contributed by atoms with Crippen LogP contribution in [-0.4, -0.2) is 19.9 Å². The summed E-state index contributed by atoms with van der Waals surface area (Å²) < 4.78 is 40.7. The number of halogens is 1. The van der Waals surface area contributed by atoms with Gasteiger partial charge < -0.3 is 5.32 Å². The lowest BCUT2D eigenvalue weighted by Gasteiger charge is -2.12. The summed E-state index contributed by atoms with van der Waals surface area (Å²) in [6, 6.07) is 15.1. The van der Waals surface area contributed by atoms with E-state index in [-0.39, 0.29) is 10.7 Å². The maximum absolute atomic E-state index is 12.9. The van der Waals surface area contributed by atoms with Gasteiger partial charge in [0.15, 0.2) is 0 Å². The maximum atomic E-state index is 12.9. The first kappa shape index (κ1) is 19.8. The van der Waals surface area contributed by atoms with Gasteiger partial charge in [-0.05, 0) is 67.3 Å². The van der Waals surface area contributed by atoms with Gasteiger partial charge in [-0.3, -0.25) is 4.72 Å². The summed E-state index contributed by atoms with van der Waals surface area (Å²) in [5.74, 6) is 0.383. The molecule has 0 aliphatic carbocycles. The molecule has 3 aromatic rings. The van der Waals surface area contributed by atoms with E-state index in [1.54, 1.807) is 43.3 Å². The van der Waals surface area contributed by atoms with Crippen LogP contribution in [0.4, 0.5) is 15.9 Å². The van der Waals surface area contributed by atoms with E-state index >= 15 is 0 Å². The van der Waals surface area contributed by atoms with E-state index in [9.17, 15) is 12.8 Å². The molecule has 0 unspecified atom stereocenters. The third kappa shape index (κ3) is 5.07. The number of nitrogens with zero attached hydrogens (tertiary/aromatic N) is 1. The zero-order valence-electron chi connectivity index (χ0n) is 15.7. The lowest BCUT2D eigenvalue weighted by atomic mass is 10.1. The van der Waals surface area contributed by atoms with Crippen LogP contribution >= 0.6 is 0 Å². The summed E-state index contributed by atoms with van der Waals surface area (Å²) in [6.45, 7) is 4.25. The number of rotatable bonds is 7. The molecule has 0 radical (unpaired) electrons. The molecule has 0 aliphatic rings. The molecule has 0 spiro atoms. The van der Waals surface area contributed by atoms with Crippen LogP contribution in [0.5, 0.6) is 0 Å². The first-order valence-corrected chi connectivity index (χ1v) is 10.4. The molecule has 2 N–H and O–H groups in total. The van der Waals surface area contributed by atoms with Gasteiger partial charge in [0.2, 0.25) is 0 Å². The van der Waals surface area contributed by atoms with E-state index in [0.717, 1.165) is 17.5 Å². The van der Waals surface area contributed by atoms with Crippen LogP contribution in [-0.2, 0) is 16.4 Å². The molecular weight excluding hydrogens is 377 g/mol. The molecule has 0 aliphatic heterocycles. The number of benzene rings is 2. The Morgan fingerprint density at radius 1 is 1.00 bits per heavy atom. The topological polar surface area (TPSA) is 71.1 Å². The highest BCUT2D eigenvalue weighted by Crippen LogP contribution is 2.21. The molecule has 0 saturated heterocycles. The molecular formula is C21H22FN3O2S. The Bertz CT molecular complexity index is 1050. The second-order valence-electron chi connectivity index (χ2n) is 6.61. The van der Waals surface area contributed by atoms with Gasteiger partial charge in [0.25, 0.3) is 10.0 Å². The fourth-order valence-corrected chi connectivity index (χ4v) is 4.13. The number of hydrogen-bond donors (Lipinski definition) is 2. The molecule has 5 nitrogen and oxygen atoms in total. The number of pyridine rings is 1. The number of anilines is 2. The van der Waals surface area contributed by atoms with E-state index < -0.39 is 10.0 Å². The van der Waals surface area contributed by atoms with Gasteiger partial charge >= 0.3 is 0 Å². The van der Waals surface area contributed by atoms with Crippen LogP contribution in [0.2, 0.25) is 0 Å². The van der Waals surface area contributed by atoms with E-state index in [1.807, 2.05) is 13.0 Å². The number of hydrogen-bond acceptors (Lipinski definition) is 4. The van der Waals surface area contributed by atoms with Gasteiger partial charge in [0, 0.05) is 6.54 Å². The van der Waals surface area contributed by atoms with Crippen molar-refractivity contribution in [1.29, 1.82) is 0 Å². The summed E-state index contributed by atoms with van der Waals surface area (Å²) >= 11 is 0. The van der Waals surface area contributed by atoms with Gasteiger partial charge in [0.1, 0.15) is 11.6 Å². The zero-order chi connectivity index (χ0) is 20.1. The van der Waals surface area contributed by atoms with Gasteiger partial charge in [-0.1, -0.05) is 24.3 Å². The number of aryl methyl sites for hydroxylation is 2. The standard InChI is InChI=1S/C21H22FN3O2S/c1-15-3-4-16(2)20(13-15)28(26,27)25-19-9-10-21(24-14-19)23-12-11-17-5-7-18(22)8-6-17/h3-10,13-14,25H,11-12H2,1-2H3,(H,23,24). The van der Waals surface area contributed by atoms with E-state index in [1.165, 1.54) is 18.3 Å². The molecule has 1 heterocycles. The highest BCUT2D eigenvalue weighted by Gasteiger charge is 2.17. The van der Waals surface area contributed by atoms with Crippen molar-refractivity contribution in [1.82, 2.24) is 4.98 Å². The normalized spacial score (nSPS) is 11.2. The molecule has 28 heavy (non-hydrogen) atoms. The SMILES string of the molecule is Cc1ccc(C)c(S(=O)(=O)Nc2ccc(NCCc3ccc(F)cc3)nc2)c1. The Hall–Kier alpha value is -2.93. The molecule has 0 atom stereocenters. The minimum atomic E-state index is -3.68. The van der Waals surface area contributed by atoms with Crippen LogP contribution in [0, 0.1) is 19.7 Å². The van der Waals surface area contributed by atoms with Crippen molar-refractivity contribution < 1.29 is 12.8 Å². The second-order valence-corrected chi connectivity index (χ2v) is 8.26. The van der Waals surface area contributed by atoms with E-state index in [4.69, 9.17) is 0 Å². The van der Waals surface area contributed by atoms with Crippen LogP contribution in [0.15, 0.2) is 65.7 Å². The Kier molecular flexibility index (Phi) is 5.94. The molecule has 0 bridgehead atoms. The second kappa shape index (κ2) is 8.39. The highest BCUT2D eigenvalue weighted by molar-refractivity contribution is 7.92. The Morgan fingerprint density at radius 2 is 1.75 bits per heavy atom. The fourth-order valence-electron chi connectivity index (χ4n) is 2.75. The first-order chi connectivity index (χ1) is 13.3. The lowest BCUT2D eigenvalue weighted by molar-refractivity contribution is 0.600. The summed E-state index contributed by atoms with van der Waals surface area (Å²) in [7, 11) is -3.68. The summed E-state index contributed by atoms with van der Waals surface area (Å²) in [6.07, 6.45) is 2.20. The smallest absolute Gasteiger partial charge is 0.262 e. The fraction of sp³-hybridized carbons (Fsp3) is 0.190. The van der Waals surface area contributed by atoms with Crippen LogP contribution in [0.3, 0.4) is 0 Å². The van der Waals surface area contributed by atoms with Crippen molar-refractivity contribution in [3.63, 3.8) is 0 Å². The minimum Gasteiger partial charge on any atom is -0.370 e. The third-order valence-electron chi connectivity index (χ3n) is 4.28. The van der Waals surface area contributed by atoms with Crippen molar-refractivity contribution in [2.75, 3.05) is 16.6 Å². The van der Waals surface area contributed by atoms with Crippen molar-refractivity contribution in [2.45, 2.75) is 25.2 Å². The summed E-state index contributed by atoms with van der Waals surface area (Å²) in [4.78, 5) is 4.50. The Morgan fingerprint density at radius 3 is 2.43 bits per heavy atom. The molecule has 0 fully saturated rings. The summed E-state index contributed by atoms with van der Waals surface area (Å²) in [5.41, 5.74) is 2.98. The van der Waals surface area contributed by atoms with Gasteiger partial charge in [-0.2, -0.15) is 0 Å². The van der Waals surface area contributed by atoms with E-state index in [0.29, 0.717) is 23.6 Å². The summed E-state index contributed by atoms with van der Waals surface area (Å²) in [5, 5.41) is 3.16. The van der Waals surface area contributed by atoms with Crippen molar-refractivity contribution in [3.8, 4) is 0 Å². The van der Waals surface area contributed by atoms with Gasteiger partial charge in [-0.15, -0.1) is 0 Å². The van der Waals surface area contributed by atoms with Crippen molar-refractivity contribution >= 4 is 21.5 Å². The molecule has 0 amide bonds. The molecule has 7 heteroatoms. The third-order valence-corrected chi connectivity index (χ3v) is 5.81. The molecule has 3 rings (SSSR count). The van der Waals surface area contributed by atoms with Crippen LogP contribution in [0.25, 0.3) is 0 Å². The average molecular weight is 399 g/mol. The molecule has 0 saturated carbocycles. The quantitative estimate of drug-likeness (QED) is 0.622. The van der Waals surface area contributed by atoms with Gasteiger partial charge in [0.05, 0.1) is 16.8 Å². The number of nitrogens with one attached hydrogen (secondary N) is 2. The predicted molar refractivity (Wildman–Crippen MR) is 110 cm³/mol. The molecule has 146 valence electrons. The zero-order valence-corrected chi connectivity index (χ0v) is 16.6. The largest absolute Gasteiger partial charge is 0.370 e. The predicted octanol–water partition coefficient (Wildman–Crippen LogP) is 4.29. The first-order valence-electron chi connectivity index (χ1n) is 8.88. The van der Waals surface area contributed by atoms with E-state index in [2.05, 4.69) is 15.0 Å². The van der Waals surface area contributed by atoms with Crippen molar-refractivity contribution in [2.24, 2.45) is 0 Å². The monoisotopic (exact) mass is 399 g/mol. The highest BCUT2D eigenvalue weighted by atomic mass is 32.2. The Labute approximate surface area is 164 Å². The molecule has 2 aromatic carbocycles.